The molecule has 3 aromatic rings. The molecule has 2 aromatic heterocycles. The number of nitrogens with one attached hydrogen (secondary N) is 2. The van der Waals surface area contributed by atoms with Crippen molar-refractivity contribution in [3.63, 3.8) is 0 Å². The molecule has 4 aliphatic rings. The Bertz CT molecular complexity index is 1750. The minimum atomic E-state index is -4.67. The number of fused-ring (bicyclic) bond motifs is 1. The average molecular weight is 692 g/mol. The number of benzene rings is 1. The van der Waals surface area contributed by atoms with E-state index in [4.69, 9.17) is 27.2 Å². The topological polar surface area (TPSA) is 181 Å². The first-order chi connectivity index (χ1) is 22.8. The van der Waals surface area contributed by atoms with E-state index < -0.39 is 17.8 Å². The van der Waals surface area contributed by atoms with Crippen molar-refractivity contribution in [2.24, 2.45) is 24.6 Å². The highest BCUT2D eigenvalue weighted by molar-refractivity contribution is 6.34. The van der Waals surface area contributed by atoms with Gasteiger partial charge in [-0.3, -0.25) is 19.1 Å². The SMILES string of the molecule is Cn1c(-c2cn(C3CC3)nc2C(F)(F)F)cnc1C(=O)Nc1ccc(C(=O)NC2[C@H]3CN(C(=O)N4CC[C@@H](N)C4)C[C@@H]23)c(Cl)c1.O=CO. The Morgan fingerprint density at radius 2 is 1.77 bits per heavy atom. The molecule has 14 nitrogen and oxygen atoms in total. The number of carbonyl (C=O) groups is 4. The molecule has 4 amide bonds. The highest BCUT2D eigenvalue weighted by atomic mass is 35.5. The molecule has 2 aliphatic carbocycles. The molecule has 256 valence electrons. The van der Waals surface area contributed by atoms with E-state index in [2.05, 4.69) is 20.7 Å². The van der Waals surface area contributed by atoms with Crippen molar-refractivity contribution >= 4 is 41.6 Å². The summed E-state index contributed by atoms with van der Waals surface area (Å²) in [5.41, 5.74) is 5.35. The monoisotopic (exact) mass is 691 g/mol. The number of nitrogens with two attached hydrogens (primary N) is 1. The van der Waals surface area contributed by atoms with Crippen LogP contribution in [0, 0.1) is 11.8 Å². The van der Waals surface area contributed by atoms with Crippen molar-refractivity contribution in [2.45, 2.75) is 43.6 Å². The Morgan fingerprint density at radius 1 is 1.08 bits per heavy atom. The first kappa shape index (κ1) is 33.3. The van der Waals surface area contributed by atoms with Crippen molar-refractivity contribution in [1.82, 2.24) is 34.4 Å². The van der Waals surface area contributed by atoms with Gasteiger partial charge in [-0.2, -0.15) is 18.3 Å². The summed E-state index contributed by atoms with van der Waals surface area (Å²) in [6, 6.07) is 4.34. The van der Waals surface area contributed by atoms with Crippen LogP contribution in [0.4, 0.5) is 23.7 Å². The molecule has 1 aromatic carbocycles. The van der Waals surface area contributed by atoms with Crippen LogP contribution in [0.2, 0.25) is 5.02 Å². The van der Waals surface area contributed by atoms with E-state index in [1.807, 2.05) is 4.90 Å². The third kappa shape index (κ3) is 6.56. The zero-order valence-corrected chi connectivity index (χ0v) is 26.4. The maximum atomic E-state index is 13.7. The highest BCUT2D eigenvalue weighted by Gasteiger charge is 2.58. The highest BCUT2D eigenvalue weighted by Crippen LogP contribution is 2.46. The van der Waals surface area contributed by atoms with Gasteiger partial charge in [-0.25, -0.2) is 9.78 Å². The minimum absolute atomic E-state index is 0.00146. The lowest BCUT2D eigenvalue weighted by atomic mass is 10.2. The predicted octanol–water partition coefficient (Wildman–Crippen LogP) is 3.06. The second kappa shape index (κ2) is 12.8. The quantitative estimate of drug-likeness (QED) is 0.285. The number of hydrogen-bond acceptors (Lipinski definition) is 7. The Labute approximate surface area is 277 Å². The molecule has 48 heavy (non-hydrogen) atoms. The molecule has 2 saturated carbocycles. The van der Waals surface area contributed by atoms with Crippen LogP contribution in [0.25, 0.3) is 11.3 Å². The number of carboxylic acid groups (broad SMARTS) is 1. The van der Waals surface area contributed by atoms with Crippen LogP contribution in [0.15, 0.2) is 30.6 Å². The second-order valence-corrected chi connectivity index (χ2v) is 12.8. The van der Waals surface area contributed by atoms with Crippen LogP contribution >= 0.6 is 11.6 Å². The molecule has 4 atom stereocenters. The van der Waals surface area contributed by atoms with Crippen molar-refractivity contribution in [2.75, 3.05) is 31.5 Å². The summed E-state index contributed by atoms with van der Waals surface area (Å²) < 4.78 is 43.8. The molecule has 4 heterocycles. The summed E-state index contributed by atoms with van der Waals surface area (Å²) in [4.78, 5) is 54.8. The Balaban J connectivity index is 0.00000129. The summed E-state index contributed by atoms with van der Waals surface area (Å²) in [7, 11) is 1.45. The fraction of sp³-hybridized carbons (Fsp3) is 0.467. The van der Waals surface area contributed by atoms with E-state index in [9.17, 15) is 27.6 Å². The van der Waals surface area contributed by atoms with Crippen LogP contribution in [-0.4, -0.2) is 96.8 Å². The summed E-state index contributed by atoms with van der Waals surface area (Å²) in [6.07, 6.45) is 0.211. The van der Waals surface area contributed by atoms with E-state index >= 15 is 0 Å². The standard InChI is InChI=1S/C29H31ClF3N9O3.CH2O2/c1-39-22(20-13-42(16-3-4-16)38-24(20)29(31,32)33)9-35-25(39)27(44)36-15-2-5-17(21(30)8-15)26(43)37-23-18-11-41(12-19(18)23)28(45)40-7-6-14(34)10-40;2-1-3/h2,5,8-9,13-14,16,18-19,23H,3-4,6-7,10-12,34H2,1H3,(H,36,44)(H,37,43);1H,(H,2,3)/t14-,18-,19+,23?;/m1./s1. The number of piperidine rings is 1. The van der Waals surface area contributed by atoms with Crippen LogP contribution in [0.5, 0.6) is 0 Å². The molecular formula is C30H33ClF3N9O5. The minimum Gasteiger partial charge on any atom is -0.483 e. The first-order valence-electron chi connectivity index (χ1n) is 15.3. The van der Waals surface area contributed by atoms with Crippen molar-refractivity contribution in [3.8, 4) is 11.3 Å². The van der Waals surface area contributed by atoms with Gasteiger partial charge in [0.2, 0.25) is 0 Å². The Hall–Kier alpha value is -4.64. The first-order valence-corrected chi connectivity index (χ1v) is 15.7. The molecule has 0 radical (unpaired) electrons. The number of alkyl halides is 3. The lowest BCUT2D eigenvalue weighted by Crippen LogP contribution is -2.44. The van der Waals surface area contributed by atoms with E-state index in [1.54, 1.807) is 4.90 Å². The predicted molar refractivity (Wildman–Crippen MR) is 165 cm³/mol. The number of anilines is 1. The van der Waals surface area contributed by atoms with Crippen molar-refractivity contribution in [3.05, 3.63) is 52.7 Å². The largest absolute Gasteiger partial charge is 0.483 e. The molecule has 0 bridgehead atoms. The van der Waals surface area contributed by atoms with Gasteiger partial charge in [0.1, 0.15) is 0 Å². The lowest BCUT2D eigenvalue weighted by Gasteiger charge is -2.26. The molecule has 7 rings (SSSR count). The van der Waals surface area contributed by atoms with Gasteiger partial charge >= 0.3 is 12.2 Å². The van der Waals surface area contributed by atoms with Crippen LogP contribution in [-0.2, 0) is 18.0 Å². The maximum absolute atomic E-state index is 13.7. The summed E-state index contributed by atoms with van der Waals surface area (Å²) in [5.74, 6) is -0.771. The van der Waals surface area contributed by atoms with Gasteiger partial charge < -0.3 is 35.8 Å². The number of carbonyl (C=O) groups excluding carboxylic acids is 3. The number of aromatic nitrogens is 4. The van der Waals surface area contributed by atoms with Crippen molar-refractivity contribution < 1.29 is 37.5 Å². The zero-order chi connectivity index (χ0) is 34.5. The van der Waals surface area contributed by atoms with E-state index in [0.29, 0.717) is 26.2 Å². The fourth-order valence-corrected chi connectivity index (χ4v) is 6.70. The van der Waals surface area contributed by atoms with Gasteiger partial charge in [-0.1, -0.05) is 11.6 Å². The molecule has 2 aliphatic heterocycles. The number of rotatable bonds is 6. The van der Waals surface area contributed by atoms with E-state index in [1.165, 1.54) is 46.9 Å². The summed E-state index contributed by atoms with van der Waals surface area (Å²) in [6.45, 7) is 2.14. The number of nitrogens with zero attached hydrogens (tertiary/aromatic N) is 6. The average Bonchev–Trinajstić information content (AvgIpc) is 3.63. The Morgan fingerprint density at radius 3 is 2.35 bits per heavy atom. The van der Waals surface area contributed by atoms with E-state index in [-0.39, 0.29) is 81.7 Å². The number of imidazole rings is 1. The lowest BCUT2D eigenvalue weighted by molar-refractivity contribution is -0.141. The third-order valence-corrected chi connectivity index (χ3v) is 9.43. The smallest absolute Gasteiger partial charge is 0.435 e. The van der Waals surface area contributed by atoms with Gasteiger partial charge in [-0.15, -0.1) is 0 Å². The number of likely N-dealkylation sites (tertiary alicyclic amines) is 2. The van der Waals surface area contributed by atoms with Crippen LogP contribution < -0.4 is 16.4 Å². The number of hydrogen-bond donors (Lipinski definition) is 4. The molecule has 2 saturated heterocycles. The Kier molecular flexibility index (Phi) is 8.84. The molecule has 4 fully saturated rings. The normalized spacial score (nSPS) is 22.9. The van der Waals surface area contributed by atoms with Crippen LogP contribution in [0.3, 0.4) is 0 Å². The van der Waals surface area contributed by atoms with Gasteiger partial charge in [0.25, 0.3) is 18.3 Å². The van der Waals surface area contributed by atoms with Gasteiger partial charge in [-0.05, 0) is 37.5 Å². The number of amides is 4. The number of halogens is 4. The third-order valence-electron chi connectivity index (χ3n) is 9.12. The molecule has 1 unspecified atom stereocenters. The van der Waals surface area contributed by atoms with Gasteiger partial charge in [0.05, 0.1) is 34.1 Å². The fourth-order valence-electron chi connectivity index (χ4n) is 6.44. The van der Waals surface area contributed by atoms with E-state index in [0.717, 1.165) is 19.3 Å². The van der Waals surface area contributed by atoms with Crippen LogP contribution in [0.1, 0.15) is 52.0 Å². The maximum Gasteiger partial charge on any atom is 0.435 e. The van der Waals surface area contributed by atoms with Gasteiger partial charge in [0, 0.05) is 69.0 Å². The van der Waals surface area contributed by atoms with Gasteiger partial charge in [0.15, 0.2) is 11.5 Å². The molecule has 18 heteroatoms. The number of urea groups is 1. The zero-order valence-electron chi connectivity index (χ0n) is 25.7. The summed E-state index contributed by atoms with van der Waals surface area (Å²) >= 11 is 6.42. The second-order valence-electron chi connectivity index (χ2n) is 12.4. The summed E-state index contributed by atoms with van der Waals surface area (Å²) in [5, 5.41) is 16.4. The molecule has 0 spiro atoms. The molecule has 5 N–H and O–H groups in total. The van der Waals surface area contributed by atoms with Crippen molar-refractivity contribution in [1.29, 1.82) is 0 Å². The molecular weight excluding hydrogens is 659 g/mol.